The van der Waals surface area contributed by atoms with Crippen LogP contribution in [0.25, 0.3) is 0 Å². The number of ether oxygens (including phenoxy) is 1. The molecule has 114 valence electrons. The van der Waals surface area contributed by atoms with Gasteiger partial charge in [-0.1, -0.05) is 23.7 Å². The Morgan fingerprint density at radius 1 is 1.33 bits per heavy atom. The van der Waals surface area contributed by atoms with Crippen LogP contribution < -0.4 is 10.5 Å². The van der Waals surface area contributed by atoms with Crippen LogP contribution in [0.3, 0.4) is 0 Å². The monoisotopic (exact) mass is 310 g/mol. The highest BCUT2D eigenvalue weighted by Crippen LogP contribution is 2.25. The molecule has 1 aromatic carbocycles. The van der Waals surface area contributed by atoms with Gasteiger partial charge in [0.05, 0.1) is 5.02 Å². The fraction of sp³-hybridized carbons (Fsp3) is 0.467. The molecule has 5 nitrogen and oxygen atoms in total. The number of primary amides is 1. The number of hydrogen-bond donors (Lipinski definition) is 1. The summed E-state index contributed by atoms with van der Waals surface area (Å²) in [6.45, 7) is 2.76. The predicted octanol–water partition coefficient (Wildman–Crippen LogP) is 1.83. The molecule has 1 aliphatic rings. The molecule has 21 heavy (non-hydrogen) atoms. The van der Waals surface area contributed by atoms with Crippen molar-refractivity contribution in [2.45, 2.75) is 25.9 Å². The topological polar surface area (TPSA) is 72.6 Å². The van der Waals surface area contributed by atoms with Crippen molar-refractivity contribution in [2.75, 3.05) is 13.1 Å². The minimum Gasteiger partial charge on any atom is -0.479 e. The van der Waals surface area contributed by atoms with Gasteiger partial charge in [0.25, 0.3) is 5.91 Å². The number of piperidine rings is 1. The lowest BCUT2D eigenvalue weighted by Gasteiger charge is -2.32. The van der Waals surface area contributed by atoms with Crippen molar-refractivity contribution in [3.8, 4) is 5.75 Å². The van der Waals surface area contributed by atoms with Crippen molar-refractivity contribution in [2.24, 2.45) is 11.7 Å². The molecule has 2 rings (SSSR count). The summed E-state index contributed by atoms with van der Waals surface area (Å²) in [6.07, 6.45) is 0.606. The zero-order valence-corrected chi connectivity index (χ0v) is 12.7. The zero-order chi connectivity index (χ0) is 15.4. The third kappa shape index (κ3) is 3.88. The molecule has 0 aromatic heterocycles. The van der Waals surface area contributed by atoms with Crippen LogP contribution in [0.5, 0.6) is 5.75 Å². The molecule has 2 amide bonds. The Hall–Kier alpha value is -1.75. The van der Waals surface area contributed by atoms with Gasteiger partial charge >= 0.3 is 0 Å². The lowest BCUT2D eigenvalue weighted by molar-refractivity contribution is -0.140. The van der Waals surface area contributed by atoms with Gasteiger partial charge in [0.15, 0.2) is 6.10 Å². The first-order chi connectivity index (χ1) is 9.99. The van der Waals surface area contributed by atoms with Crippen molar-refractivity contribution in [1.82, 2.24) is 4.90 Å². The zero-order valence-electron chi connectivity index (χ0n) is 11.9. The van der Waals surface area contributed by atoms with Gasteiger partial charge in [0, 0.05) is 19.0 Å². The third-order valence-electron chi connectivity index (χ3n) is 3.70. The SMILES string of the molecule is CC(Oc1ccccc1Cl)C(=O)N1CCC(C(N)=O)CC1. The van der Waals surface area contributed by atoms with Crippen molar-refractivity contribution in [3.05, 3.63) is 29.3 Å². The summed E-state index contributed by atoms with van der Waals surface area (Å²) in [5.74, 6) is -0.0267. The number of likely N-dealkylation sites (tertiary alicyclic amines) is 1. The highest BCUT2D eigenvalue weighted by molar-refractivity contribution is 6.32. The molecule has 0 saturated carbocycles. The number of carbonyl (C=O) groups excluding carboxylic acids is 2. The Labute approximate surface area is 129 Å². The maximum atomic E-state index is 12.3. The maximum Gasteiger partial charge on any atom is 0.263 e. The van der Waals surface area contributed by atoms with E-state index >= 15 is 0 Å². The number of para-hydroxylation sites is 1. The van der Waals surface area contributed by atoms with Crippen LogP contribution in [0.4, 0.5) is 0 Å². The summed E-state index contributed by atoms with van der Waals surface area (Å²) in [5.41, 5.74) is 5.29. The van der Waals surface area contributed by atoms with E-state index in [9.17, 15) is 9.59 Å². The van der Waals surface area contributed by atoms with E-state index in [2.05, 4.69) is 0 Å². The first-order valence-corrected chi connectivity index (χ1v) is 7.36. The Bertz CT molecular complexity index is 527. The van der Waals surface area contributed by atoms with E-state index in [1.165, 1.54) is 0 Å². The molecular formula is C15H19ClN2O3. The smallest absolute Gasteiger partial charge is 0.263 e. The quantitative estimate of drug-likeness (QED) is 0.922. The lowest BCUT2D eigenvalue weighted by Crippen LogP contribution is -2.46. The van der Waals surface area contributed by atoms with Crippen LogP contribution in [0.2, 0.25) is 5.02 Å². The Kier molecular flexibility index (Phi) is 5.07. The molecule has 1 saturated heterocycles. The molecule has 1 aliphatic heterocycles. The van der Waals surface area contributed by atoms with Crippen molar-refractivity contribution >= 4 is 23.4 Å². The predicted molar refractivity (Wildman–Crippen MR) is 80.0 cm³/mol. The second-order valence-corrected chi connectivity index (χ2v) is 5.60. The van der Waals surface area contributed by atoms with Crippen LogP contribution in [0, 0.1) is 5.92 Å². The number of nitrogens with zero attached hydrogens (tertiary/aromatic N) is 1. The number of amides is 2. The number of nitrogens with two attached hydrogens (primary N) is 1. The van der Waals surface area contributed by atoms with Crippen LogP contribution in [0.15, 0.2) is 24.3 Å². The third-order valence-corrected chi connectivity index (χ3v) is 4.01. The average Bonchev–Trinajstić information content (AvgIpc) is 2.49. The largest absolute Gasteiger partial charge is 0.479 e. The van der Waals surface area contributed by atoms with Gasteiger partial charge < -0.3 is 15.4 Å². The Morgan fingerprint density at radius 3 is 2.52 bits per heavy atom. The van der Waals surface area contributed by atoms with Gasteiger partial charge in [-0.05, 0) is 31.9 Å². The summed E-state index contributed by atoms with van der Waals surface area (Å²) < 4.78 is 5.62. The average molecular weight is 311 g/mol. The van der Waals surface area contributed by atoms with E-state index in [0.29, 0.717) is 36.7 Å². The molecule has 0 aliphatic carbocycles. The second kappa shape index (κ2) is 6.80. The molecular weight excluding hydrogens is 292 g/mol. The van der Waals surface area contributed by atoms with E-state index < -0.39 is 6.10 Å². The summed E-state index contributed by atoms with van der Waals surface area (Å²) in [6, 6.07) is 7.05. The number of hydrogen-bond acceptors (Lipinski definition) is 3. The van der Waals surface area contributed by atoms with E-state index in [1.54, 1.807) is 36.1 Å². The van der Waals surface area contributed by atoms with Crippen LogP contribution in [-0.2, 0) is 9.59 Å². The summed E-state index contributed by atoms with van der Waals surface area (Å²) in [7, 11) is 0. The Morgan fingerprint density at radius 2 is 1.95 bits per heavy atom. The molecule has 1 aromatic rings. The molecule has 0 spiro atoms. The second-order valence-electron chi connectivity index (χ2n) is 5.19. The highest BCUT2D eigenvalue weighted by atomic mass is 35.5. The molecule has 0 bridgehead atoms. The molecule has 1 atom stereocenters. The first-order valence-electron chi connectivity index (χ1n) is 6.98. The van der Waals surface area contributed by atoms with Crippen molar-refractivity contribution < 1.29 is 14.3 Å². The molecule has 1 heterocycles. The van der Waals surface area contributed by atoms with Crippen LogP contribution in [0.1, 0.15) is 19.8 Å². The van der Waals surface area contributed by atoms with Gasteiger partial charge in [-0.25, -0.2) is 0 Å². The van der Waals surface area contributed by atoms with Gasteiger partial charge in [0.1, 0.15) is 5.75 Å². The van der Waals surface area contributed by atoms with Gasteiger partial charge in [-0.2, -0.15) is 0 Å². The minimum absolute atomic E-state index is 0.0992. The van der Waals surface area contributed by atoms with Crippen molar-refractivity contribution in [1.29, 1.82) is 0 Å². The fourth-order valence-electron chi connectivity index (χ4n) is 2.42. The molecule has 1 unspecified atom stereocenters. The molecule has 1 fully saturated rings. The van der Waals surface area contributed by atoms with Gasteiger partial charge in [-0.3, -0.25) is 9.59 Å². The number of rotatable bonds is 4. The van der Waals surface area contributed by atoms with E-state index in [0.717, 1.165) is 0 Å². The van der Waals surface area contributed by atoms with Gasteiger partial charge in [-0.15, -0.1) is 0 Å². The summed E-state index contributed by atoms with van der Waals surface area (Å²) in [4.78, 5) is 25.2. The Balaban J connectivity index is 1.92. The fourth-order valence-corrected chi connectivity index (χ4v) is 2.60. The van der Waals surface area contributed by atoms with E-state index in [-0.39, 0.29) is 17.7 Å². The highest BCUT2D eigenvalue weighted by Gasteiger charge is 2.29. The van der Waals surface area contributed by atoms with E-state index in [4.69, 9.17) is 22.1 Å². The molecule has 2 N–H and O–H groups in total. The minimum atomic E-state index is -0.616. The normalized spacial score (nSPS) is 17.3. The number of halogens is 1. The summed E-state index contributed by atoms with van der Waals surface area (Å²) >= 11 is 6.01. The number of carbonyl (C=O) groups is 2. The van der Waals surface area contributed by atoms with Crippen LogP contribution >= 0.6 is 11.6 Å². The number of benzene rings is 1. The summed E-state index contributed by atoms with van der Waals surface area (Å²) in [5, 5.41) is 0.476. The van der Waals surface area contributed by atoms with Crippen molar-refractivity contribution in [3.63, 3.8) is 0 Å². The van der Waals surface area contributed by atoms with E-state index in [1.807, 2.05) is 0 Å². The first kappa shape index (κ1) is 15.6. The maximum absolute atomic E-state index is 12.3. The van der Waals surface area contributed by atoms with Gasteiger partial charge in [0.2, 0.25) is 5.91 Å². The molecule has 6 heteroatoms. The van der Waals surface area contributed by atoms with Crippen LogP contribution in [-0.4, -0.2) is 35.9 Å². The standard InChI is InChI=1S/C15H19ClN2O3/c1-10(21-13-5-3-2-4-12(13)16)15(20)18-8-6-11(7-9-18)14(17)19/h2-5,10-11H,6-9H2,1H3,(H2,17,19). The molecule has 0 radical (unpaired) electrons. The lowest BCUT2D eigenvalue weighted by atomic mass is 9.96.